The van der Waals surface area contributed by atoms with Gasteiger partial charge in [-0.25, -0.2) is 8.78 Å². The first-order valence-corrected chi connectivity index (χ1v) is 16.6. The van der Waals surface area contributed by atoms with Crippen molar-refractivity contribution in [3.8, 4) is 11.1 Å². The summed E-state index contributed by atoms with van der Waals surface area (Å²) in [4.78, 5) is 48.3. The largest absolute Gasteiger partial charge is 0.354 e. The molecule has 3 amide bonds. The van der Waals surface area contributed by atoms with E-state index in [1.807, 2.05) is 80.6 Å². The number of likely N-dealkylation sites (N-methyl/N-ethyl adjacent to an activating group) is 2. The van der Waals surface area contributed by atoms with Gasteiger partial charge in [0.05, 0.1) is 0 Å². The monoisotopic (exact) mass is 681 g/mol. The van der Waals surface area contributed by atoms with Crippen molar-refractivity contribution in [2.24, 2.45) is 5.73 Å². The molecule has 4 aromatic rings. The standard InChI is InChI=1S/C40H45F2N5O3/c1-40(2,43)21-8-11-37(48)46(3)36(26-29-12-15-32(16-13-29)31-9-6-5-7-10-31)39(50)47(4)35(27-30-14-17-33(41)34(42)25-30)38(49)45-24-20-28-18-22-44-23-19-28/h5-19,22-23,25,35-36H,20-21,24,26-27,43H2,1-4H3,(H,45,49)/b11-8+/t35-,36-/m1/s1. The zero-order chi connectivity index (χ0) is 36.3. The Labute approximate surface area is 293 Å². The predicted octanol–water partition coefficient (Wildman–Crippen LogP) is 5.51. The van der Waals surface area contributed by atoms with Crippen LogP contribution in [0.5, 0.6) is 0 Å². The lowest BCUT2D eigenvalue weighted by atomic mass is 9.98. The summed E-state index contributed by atoms with van der Waals surface area (Å²) >= 11 is 0. The molecule has 0 saturated heterocycles. The number of nitrogens with one attached hydrogen (secondary N) is 1. The Morgan fingerprint density at radius 2 is 1.42 bits per heavy atom. The van der Waals surface area contributed by atoms with Crippen molar-refractivity contribution < 1.29 is 23.2 Å². The molecule has 0 aliphatic heterocycles. The van der Waals surface area contributed by atoms with E-state index < -0.39 is 47.0 Å². The summed E-state index contributed by atoms with van der Waals surface area (Å²) in [5, 5.41) is 2.89. The molecule has 3 aromatic carbocycles. The Morgan fingerprint density at radius 1 is 0.800 bits per heavy atom. The van der Waals surface area contributed by atoms with Gasteiger partial charge in [0, 0.05) is 51.4 Å². The van der Waals surface area contributed by atoms with E-state index in [0.717, 1.165) is 34.4 Å². The van der Waals surface area contributed by atoms with Crippen LogP contribution < -0.4 is 11.1 Å². The van der Waals surface area contributed by atoms with E-state index >= 15 is 0 Å². The fourth-order valence-electron chi connectivity index (χ4n) is 5.49. The highest BCUT2D eigenvalue weighted by molar-refractivity contribution is 5.95. The molecule has 0 unspecified atom stereocenters. The van der Waals surface area contributed by atoms with Crippen molar-refractivity contribution in [1.29, 1.82) is 0 Å². The van der Waals surface area contributed by atoms with Gasteiger partial charge in [0.1, 0.15) is 12.1 Å². The Hall–Kier alpha value is -5.22. The maximum atomic E-state index is 14.4. The molecule has 50 heavy (non-hydrogen) atoms. The van der Waals surface area contributed by atoms with Crippen molar-refractivity contribution >= 4 is 17.7 Å². The summed E-state index contributed by atoms with van der Waals surface area (Å²) in [6, 6.07) is 22.6. The highest BCUT2D eigenvalue weighted by Crippen LogP contribution is 2.22. The van der Waals surface area contributed by atoms with Crippen LogP contribution in [0.15, 0.2) is 109 Å². The molecule has 0 radical (unpaired) electrons. The van der Waals surface area contributed by atoms with E-state index in [-0.39, 0.29) is 19.4 Å². The average Bonchev–Trinajstić information content (AvgIpc) is 3.10. The van der Waals surface area contributed by atoms with Gasteiger partial charge in [0.25, 0.3) is 0 Å². The van der Waals surface area contributed by atoms with Gasteiger partial charge in [-0.1, -0.05) is 66.7 Å². The number of nitrogens with two attached hydrogens (primary N) is 1. The lowest BCUT2D eigenvalue weighted by molar-refractivity contribution is -0.146. The molecule has 0 spiro atoms. The molecule has 10 heteroatoms. The van der Waals surface area contributed by atoms with Crippen molar-refractivity contribution in [3.63, 3.8) is 0 Å². The second kappa shape index (κ2) is 17.4. The van der Waals surface area contributed by atoms with Crippen molar-refractivity contribution in [3.05, 3.63) is 138 Å². The number of nitrogens with zero attached hydrogens (tertiary/aromatic N) is 3. The summed E-state index contributed by atoms with van der Waals surface area (Å²) in [7, 11) is 3.04. The number of halogens is 2. The third-order valence-corrected chi connectivity index (χ3v) is 8.49. The molecule has 2 atom stereocenters. The van der Waals surface area contributed by atoms with Crippen LogP contribution in [0.3, 0.4) is 0 Å². The van der Waals surface area contributed by atoms with Crippen LogP contribution in [-0.2, 0) is 33.6 Å². The average molecular weight is 682 g/mol. The van der Waals surface area contributed by atoms with Crippen LogP contribution >= 0.6 is 0 Å². The van der Waals surface area contributed by atoms with Gasteiger partial charge >= 0.3 is 0 Å². The summed E-state index contributed by atoms with van der Waals surface area (Å²) in [6.07, 6.45) is 7.46. The highest BCUT2D eigenvalue weighted by atomic mass is 19.2. The van der Waals surface area contributed by atoms with Gasteiger partial charge in [0.2, 0.25) is 17.7 Å². The van der Waals surface area contributed by atoms with Crippen LogP contribution in [0.1, 0.15) is 37.0 Å². The fraction of sp³-hybridized carbons (Fsp3) is 0.300. The van der Waals surface area contributed by atoms with Crippen LogP contribution in [0.2, 0.25) is 0 Å². The molecule has 0 saturated carbocycles. The van der Waals surface area contributed by atoms with E-state index in [0.29, 0.717) is 18.4 Å². The molecular weight excluding hydrogens is 636 g/mol. The van der Waals surface area contributed by atoms with E-state index in [1.165, 1.54) is 29.0 Å². The quantitative estimate of drug-likeness (QED) is 0.161. The van der Waals surface area contributed by atoms with Gasteiger partial charge in [-0.2, -0.15) is 0 Å². The lowest BCUT2D eigenvalue weighted by Gasteiger charge is -2.34. The van der Waals surface area contributed by atoms with Crippen molar-refractivity contribution in [2.45, 2.75) is 57.2 Å². The zero-order valence-corrected chi connectivity index (χ0v) is 29.0. The predicted molar refractivity (Wildman–Crippen MR) is 192 cm³/mol. The number of benzene rings is 3. The normalized spacial score (nSPS) is 12.7. The first-order chi connectivity index (χ1) is 23.8. The van der Waals surface area contributed by atoms with Gasteiger partial charge < -0.3 is 20.9 Å². The van der Waals surface area contributed by atoms with E-state index in [4.69, 9.17) is 5.73 Å². The minimum atomic E-state index is -1.09. The fourth-order valence-corrected chi connectivity index (χ4v) is 5.49. The maximum absolute atomic E-state index is 14.4. The Morgan fingerprint density at radius 3 is 2.06 bits per heavy atom. The minimum absolute atomic E-state index is 0.0812. The van der Waals surface area contributed by atoms with E-state index in [1.54, 1.807) is 25.5 Å². The number of pyridine rings is 1. The van der Waals surface area contributed by atoms with Crippen LogP contribution in [0, 0.1) is 11.6 Å². The van der Waals surface area contributed by atoms with Crippen LogP contribution in [-0.4, -0.2) is 70.8 Å². The van der Waals surface area contributed by atoms with Crippen LogP contribution in [0.4, 0.5) is 8.78 Å². The summed E-state index contributed by atoms with van der Waals surface area (Å²) < 4.78 is 28.0. The van der Waals surface area contributed by atoms with E-state index in [9.17, 15) is 23.2 Å². The Kier molecular flexibility index (Phi) is 13.1. The molecule has 0 bridgehead atoms. The third-order valence-electron chi connectivity index (χ3n) is 8.49. The highest BCUT2D eigenvalue weighted by Gasteiger charge is 2.35. The van der Waals surface area contributed by atoms with Crippen molar-refractivity contribution in [1.82, 2.24) is 20.1 Å². The topological polar surface area (TPSA) is 109 Å². The molecule has 0 fully saturated rings. The second-order valence-corrected chi connectivity index (χ2v) is 13.1. The number of aromatic nitrogens is 1. The molecule has 1 heterocycles. The number of carbonyl (C=O) groups excluding carboxylic acids is 3. The van der Waals surface area contributed by atoms with E-state index in [2.05, 4.69) is 10.3 Å². The number of amides is 3. The second-order valence-electron chi connectivity index (χ2n) is 13.1. The lowest BCUT2D eigenvalue weighted by Crippen LogP contribution is -2.56. The van der Waals surface area contributed by atoms with Gasteiger partial charge in [-0.3, -0.25) is 19.4 Å². The van der Waals surface area contributed by atoms with Gasteiger partial charge in [-0.15, -0.1) is 0 Å². The molecular formula is C40H45F2N5O3. The number of rotatable bonds is 15. The van der Waals surface area contributed by atoms with Gasteiger partial charge in [-0.05, 0) is 84.8 Å². The zero-order valence-electron chi connectivity index (χ0n) is 29.0. The molecule has 262 valence electrons. The summed E-state index contributed by atoms with van der Waals surface area (Å²) in [5.74, 6) is -3.42. The number of hydrogen-bond donors (Lipinski definition) is 2. The summed E-state index contributed by atoms with van der Waals surface area (Å²) in [5.41, 5.74) is 9.72. The molecule has 8 nitrogen and oxygen atoms in total. The molecule has 3 N–H and O–H groups in total. The first-order valence-electron chi connectivity index (χ1n) is 16.6. The molecule has 0 aliphatic rings. The first kappa shape index (κ1) is 37.6. The maximum Gasteiger partial charge on any atom is 0.246 e. The Bertz CT molecular complexity index is 1760. The molecule has 1 aromatic heterocycles. The number of hydrogen-bond acceptors (Lipinski definition) is 5. The smallest absolute Gasteiger partial charge is 0.246 e. The minimum Gasteiger partial charge on any atom is -0.354 e. The third kappa shape index (κ3) is 10.9. The molecule has 0 aliphatic carbocycles. The van der Waals surface area contributed by atoms with Crippen molar-refractivity contribution in [2.75, 3.05) is 20.6 Å². The SMILES string of the molecule is CN(C(=O)/C=C/CC(C)(C)N)[C@H](Cc1ccc(-c2ccccc2)cc1)C(=O)N(C)[C@H](Cc1ccc(F)c(F)c1)C(=O)NCCc1ccncc1. The number of carbonyl (C=O) groups is 3. The summed E-state index contributed by atoms with van der Waals surface area (Å²) in [6.45, 7) is 3.97. The molecule has 4 rings (SSSR count). The van der Waals surface area contributed by atoms with Gasteiger partial charge in [0.15, 0.2) is 11.6 Å². The Balaban J connectivity index is 1.62. The van der Waals surface area contributed by atoms with Crippen LogP contribution in [0.25, 0.3) is 11.1 Å².